The average Bonchev–Trinajstić information content (AvgIpc) is 2.48. The first-order valence-electron chi connectivity index (χ1n) is 6.08. The van der Waals surface area contributed by atoms with Gasteiger partial charge >= 0.3 is 0 Å². The van der Waals surface area contributed by atoms with E-state index in [2.05, 4.69) is 21.2 Å². The molecule has 114 valence electrons. The highest BCUT2D eigenvalue weighted by Crippen LogP contribution is 2.23. The van der Waals surface area contributed by atoms with Crippen LogP contribution in [0.2, 0.25) is 0 Å². The lowest BCUT2D eigenvalue weighted by Crippen LogP contribution is -2.24. The standard InChI is InChI=1S/C14H10BrFN2O4/c15-9-1-3-12(16)11(6-9)14(20)17-7-8-5-10(18(21)22)2-4-13(8)19/h1-6,19H,7H2,(H,17,20). The molecule has 0 bridgehead atoms. The molecule has 0 aromatic heterocycles. The maximum absolute atomic E-state index is 13.6. The van der Waals surface area contributed by atoms with E-state index in [1.807, 2.05) is 0 Å². The molecule has 0 spiro atoms. The highest BCUT2D eigenvalue weighted by molar-refractivity contribution is 9.10. The molecule has 0 aliphatic rings. The number of halogens is 2. The van der Waals surface area contributed by atoms with E-state index in [9.17, 15) is 24.4 Å². The Morgan fingerprint density at radius 2 is 2.05 bits per heavy atom. The van der Waals surface area contributed by atoms with E-state index in [4.69, 9.17) is 0 Å². The smallest absolute Gasteiger partial charge is 0.270 e. The maximum atomic E-state index is 13.6. The fourth-order valence-electron chi connectivity index (χ4n) is 1.77. The topological polar surface area (TPSA) is 92.5 Å². The number of carbonyl (C=O) groups is 1. The van der Waals surface area contributed by atoms with Gasteiger partial charge in [-0.05, 0) is 24.3 Å². The second-order valence-electron chi connectivity index (χ2n) is 4.38. The van der Waals surface area contributed by atoms with Gasteiger partial charge in [0.1, 0.15) is 11.6 Å². The van der Waals surface area contributed by atoms with Gasteiger partial charge in [0.05, 0.1) is 10.5 Å². The van der Waals surface area contributed by atoms with Gasteiger partial charge in [0.15, 0.2) is 0 Å². The molecule has 8 heteroatoms. The number of aromatic hydroxyl groups is 1. The van der Waals surface area contributed by atoms with E-state index in [1.54, 1.807) is 0 Å². The molecule has 22 heavy (non-hydrogen) atoms. The molecule has 0 aliphatic heterocycles. The molecule has 2 rings (SSSR count). The van der Waals surface area contributed by atoms with Crippen LogP contribution in [0.25, 0.3) is 0 Å². The van der Waals surface area contributed by atoms with E-state index >= 15 is 0 Å². The van der Waals surface area contributed by atoms with E-state index in [0.717, 1.165) is 18.2 Å². The number of non-ortho nitro benzene ring substituents is 1. The van der Waals surface area contributed by atoms with Crippen molar-refractivity contribution >= 4 is 27.5 Å². The number of nitro benzene ring substituents is 1. The Morgan fingerprint density at radius 1 is 1.32 bits per heavy atom. The lowest BCUT2D eigenvalue weighted by molar-refractivity contribution is -0.384. The first-order chi connectivity index (χ1) is 10.4. The first-order valence-corrected chi connectivity index (χ1v) is 6.87. The highest BCUT2D eigenvalue weighted by atomic mass is 79.9. The van der Waals surface area contributed by atoms with Crippen LogP contribution < -0.4 is 5.32 Å². The molecule has 2 aromatic carbocycles. The fourth-order valence-corrected chi connectivity index (χ4v) is 2.13. The van der Waals surface area contributed by atoms with Crippen molar-refractivity contribution in [2.45, 2.75) is 6.54 Å². The van der Waals surface area contributed by atoms with Crippen molar-refractivity contribution < 1.29 is 19.2 Å². The summed E-state index contributed by atoms with van der Waals surface area (Å²) in [6.07, 6.45) is 0. The Kier molecular flexibility index (Phi) is 4.71. The number of nitro groups is 1. The molecular formula is C14H10BrFN2O4. The summed E-state index contributed by atoms with van der Waals surface area (Å²) in [6, 6.07) is 7.38. The third kappa shape index (κ3) is 3.59. The number of carbonyl (C=O) groups excluding carboxylic acids is 1. The van der Waals surface area contributed by atoms with Crippen molar-refractivity contribution in [2.75, 3.05) is 0 Å². The molecule has 0 unspecified atom stereocenters. The summed E-state index contributed by atoms with van der Waals surface area (Å²) in [5.41, 5.74) is -0.215. The Balaban J connectivity index is 2.16. The second kappa shape index (κ2) is 6.52. The van der Waals surface area contributed by atoms with Crippen LogP contribution in [-0.4, -0.2) is 15.9 Å². The van der Waals surface area contributed by atoms with Gasteiger partial charge in [-0.1, -0.05) is 15.9 Å². The zero-order valence-corrected chi connectivity index (χ0v) is 12.6. The summed E-state index contributed by atoms with van der Waals surface area (Å²) in [5.74, 6) is -1.57. The van der Waals surface area contributed by atoms with E-state index < -0.39 is 16.6 Å². The van der Waals surface area contributed by atoms with Crippen molar-refractivity contribution in [2.24, 2.45) is 0 Å². The van der Waals surface area contributed by atoms with Gasteiger partial charge in [0, 0.05) is 28.7 Å². The molecule has 2 aromatic rings. The summed E-state index contributed by atoms with van der Waals surface area (Å²) < 4.78 is 14.1. The summed E-state index contributed by atoms with van der Waals surface area (Å²) in [7, 11) is 0. The number of nitrogens with one attached hydrogen (secondary N) is 1. The molecule has 0 atom stereocenters. The van der Waals surface area contributed by atoms with Crippen LogP contribution in [0.3, 0.4) is 0 Å². The quantitative estimate of drug-likeness (QED) is 0.640. The fraction of sp³-hybridized carbons (Fsp3) is 0.0714. The zero-order valence-electron chi connectivity index (χ0n) is 11.0. The minimum absolute atomic E-state index is 0.165. The minimum atomic E-state index is -0.691. The molecule has 1 amide bonds. The molecule has 0 radical (unpaired) electrons. The Morgan fingerprint density at radius 3 is 2.73 bits per heavy atom. The van der Waals surface area contributed by atoms with Crippen LogP contribution in [0.1, 0.15) is 15.9 Å². The van der Waals surface area contributed by atoms with Crippen LogP contribution >= 0.6 is 15.9 Å². The van der Waals surface area contributed by atoms with Crippen molar-refractivity contribution in [3.8, 4) is 5.75 Å². The first kappa shape index (κ1) is 15.9. The monoisotopic (exact) mass is 368 g/mol. The summed E-state index contributed by atoms with van der Waals surface area (Å²) >= 11 is 3.14. The lowest BCUT2D eigenvalue weighted by atomic mass is 10.1. The van der Waals surface area contributed by atoms with Crippen LogP contribution in [0.5, 0.6) is 5.75 Å². The Bertz CT molecular complexity index is 752. The van der Waals surface area contributed by atoms with Crippen LogP contribution in [0.4, 0.5) is 10.1 Å². The number of phenols is 1. The van der Waals surface area contributed by atoms with Crippen molar-refractivity contribution in [1.29, 1.82) is 0 Å². The molecule has 0 heterocycles. The lowest BCUT2D eigenvalue weighted by Gasteiger charge is -2.08. The predicted molar refractivity (Wildman–Crippen MR) is 80.0 cm³/mol. The number of rotatable bonds is 4. The van der Waals surface area contributed by atoms with Gasteiger partial charge in [-0.3, -0.25) is 14.9 Å². The summed E-state index contributed by atoms with van der Waals surface area (Å²) in [6.45, 7) is -0.168. The van der Waals surface area contributed by atoms with Crippen LogP contribution in [0, 0.1) is 15.9 Å². The number of hydrogen-bond donors (Lipinski definition) is 2. The van der Waals surface area contributed by atoms with E-state index in [1.165, 1.54) is 18.2 Å². The normalized spacial score (nSPS) is 10.3. The number of hydrogen-bond acceptors (Lipinski definition) is 4. The summed E-state index contributed by atoms with van der Waals surface area (Å²) in [5, 5.41) is 22.7. The maximum Gasteiger partial charge on any atom is 0.270 e. The van der Waals surface area contributed by atoms with Crippen molar-refractivity contribution in [3.63, 3.8) is 0 Å². The van der Waals surface area contributed by atoms with E-state index in [-0.39, 0.29) is 29.1 Å². The van der Waals surface area contributed by atoms with Crippen molar-refractivity contribution in [3.05, 3.63) is 67.9 Å². The Labute approximate surface area is 132 Å². The third-order valence-corrected chi connectivity index (χ3v) is 3.38. The number of amides is 1. The van der Waals surface area contributed by atoms with Crippen molar-refractivity contribution in [1.82, 2.24) is 5.32 Å². The van der Waals surface area contributed by atoms with Gasteiger partial charge < -0.3 is 10.4 Å². The largest absolute Gasteiger partial charge is 0.508 e. The predicted octanol–water partition coefficient (Wildman–Crippen LogP) is 3.13. The number of nitrogens with zero attached hydrogens (tertiary/aromatic N) is 1. The van der Waals surface area contributed by atoms with Gasteiger partial charge in [0.2, 0.25) is 0 Å². The molecule has 0 fully saturated rings. The molecule has 6 nitrogen and oxygen atoms in total. The number of benzene rings is 2. The molecule has 0 saturated heterocycles. The van der Waals surface area contributed by atoms with Gasteiger partial charge in [-0.15, -0.1) is 0 Å². The Hall–Kier alpha value is -2.48. The average molecular weight is 369 g/mol. The molecule has 0 saturated carbocycles. The van der Waals surface area contributed by atoms with Gasteiger partial charge in [-0.25, -0.2) is 4.39 Å². The highest BCUT2D eigenvalue weighted by Gasteiger charge is 2.14. The molecule has 0 aliphatic carbocycles. The number of phenolic OH excluding ortho intramolecular Hbond substituents is 1. The van der Waals surface area contributed by atoms with Crippen LogP contribution in [0.15, 0.2) is 40.9 Å². The minimum Gasteiger partial charge on any atom is -0.508 e. The molecule has 2 N–H and O–H groups in total. The SMILES string of the molecule is O=C(NCc1cc([N+](=O)[O-])ccc1O)c1cc(Br)ccc1F. The third-order valence-electron chi connectivity index (χ3n) is 2.89. The van der Waals surface area contributed by atoms with Gasteiger partial charge in [-0.2, -0.15) is 0 Å². The molecular weight excluding hydrogens is 359 g/mol. The zero-order chi connectivity index (χ0) is 16.3. The van der Waals surface area contributed by atoms with Crippen LogP contribution in [-0.2, 0) is 6.54 Å². The summed E-state index contributed by atoms with van der Waals surface area (Å²) in [4.78, 5) is 22.0. The van der Waals surface area contributed by atoms with E-state index in [0.29, 0.717) is 4.47 Å². The second-order valence-corrected chi connectivity index (χ2v) is 5.29. The van der Waals surface area contributed by atoms with Gasteiger partial charge in [0.25, 0.3) is 11.6 Å².